The number of hydrogen-bond acceptors (Lipinski definition) is 3. The van der Waals surface area contributed by atoms with Crippen LogP contribution < -0.4 is 0 Å². The van der Waals surface area contributed by atoms with Crippen LogP contribution in [0.15, 0.2) is 22.7 Å². The lowest BCUT2D eigenvalue weighted by Crippen LogP contribution is -2.26. The molecule has 0 bridgehead atoms. The second-order valence-electron chi connectivity index (χ2n) is 4.49. The van der Waals surface area contributed by atoms with Gasteiger partial charge in [-0.15, -0.1) is 0 Å². The van der Waals surface area contributed by atoms with Gasteiger partial charge in [0.2, 0.25) is 0 Å². The van der Waals surface area contributed by atoms with Crippen molar-refractivity contribution in [3.8, 4) is 0 Å². The largest absolute Gasteiger partial charge is 0.361 e. The second-order valence-corrected chi connectivity index (χ2v) is 4.49. The molecule has 2 aliphatic rings. The Hall–Kier alpha value is -1.09. The third-order valence-corrected chi connectivity index (χ3v) is 3.08. The maximum absolute atomic E-state index is 5.34. The van der Waals surface area contributed by atoms with Gasteiger partial charge in [0.1, 0.15) is 5.76 Å². The minimum absolute atomic E-state index is 0.674. The minimum Gasteiger partial charge on any atom is -0.361 e. The number of rotatable bonds is 3. The van der Waals surface area contributed by atoms with Gasteiger partial charge in [-0.3, -0.25) is 4.90 Å². The zero-order valence-electron chi connectivity index (χ0n) is 8.85. The summed E-state index contributed by atoms with van der Waals surface area (Å²) >= 11 is 0. The van der Waals surface area contributed by atoms with Crippen LogP contribution in [-0.2, 0) is 6.54 Å². The predicted molar refractivity (Wildman–Crippen MR) is 57.5 cm³/mol. The van der Waals surface area contributed by atoms with Gasteiger partial charge in [-0.25, -0.2) is 0 Å². The molecule has 3 heteroatoms. The van der Waals surface area contributed by atoms with Crippen LogP contribution in [0.5, 0.6) is 0 Å². The fourth-order valence-electron chi connectivity index (χ4n) is 2.03. The molecule has 0 spiro atoms. The van der Waals surface area contributed by atoms with Gasteiger partial charge in [0.05, 0.1) is 5.69 Å². The highest BCUT2D eigenvalue weighted by Gasteiger charge is 2.28. The normalized spacial score (nSPS) is 22.1. The molecular formula is C12H16N2O. The summed E-state index contributed by atoms with van der Waals surface area (Å²) < 4.78 is 5.34. The lowest BCUT2D eigenvalue weighted by Gasteiger charge is -2.21. The number of nitrogens with zero attached hydrogens (tertiary/aromatic N) is 2. The highest BCUT2D eigenvalue weighted by Crippen LogP contribution is 2.40. The van der Waals surface area contributed by atoms with Crippen molar-refractivity contribution in [3.63, 3.8) is 0 Å². The number of aromatic nitrogens is 1. The van der Waals surface area contributed by atoms with Crippen LogP contribution in [0.1, 0.15) is 36.6 Å². The molecule has 15 heavy (non-hydrogen) atoms. The summed E-state index contributed by atoms with van der Waals surface area (Å²) in [5, 5.41) is 4.13. The highest BCUT2D eigenvalue weighted by molar-refractivity contribution is 5.14. The summed E-state index contributed by atoms with van der Waals surface area (Å²) in [4.78, 5) is 2.40. The first-order valence-corrected chi connectivity index (χ1v) is 5.74. The van der Waals surface area contributed by atoms with Crippen molar-refractivity contribution in [1.29, 1.82) is 0 Å². The van der Waals surface area contributed by atoms with Gasteiger partial charge in [0, 0.05) is 31.6 Å². The molecule has 1 aromatic rings. The average molecular weight is 204 g/mol. The molecular weight excluding hydrogens is 188 g/mol. The summed E-state index contributed by atoms with van der Waals surface area (Å²) in [7, 11) is 0. The third kappa shape index (κ3) is 2.12. The van der Waals surface area contributed by atoms with Crippen LogP contribution >= 0.6 is 0 Å². The van der Waals surface area contributed by atoms with Gasteiger partial charge in [0.25, 0.3) is 0 Å². The standard InChI is InChI=1S/C12H16N2O/c1-2-6-14(7-3-1)9-11-8-12(15-13-11)10-4-5-10/h1-2,8,10H,3-7,9H2. The predicted octanol–water partition coefficient (Wildman–Crippen LogP) is 2.31. The van der Waals surface area contributed by atoms with Crippen molar-refractivity contribution >= 4 is 0 Å². The Morgan fingerprint density at radius 1 is 1.40 bits per heavy atom. The van der Waals surface area contributed by atoms with E-state index in [2.05, 4.69) is 28.3 Å². The summed E-state index contributed by atoms with van der Waals surface area (Å²) in [5.74, 6) is 1.77. The molecule has 1 aliphatic carbocycles. The molecule has 1 aromatic heterocycles. The number of hydrogen-bond donors (Lipinski definition) is 0. The molecule has 1 saturated carbocycles. The van der Waals surface area contributed by atoms with Crippen LogP contribution in [0, 0.1) is 0 Å². The van der Waals surface area contributed by atoms with Crippen molar-refractivity contribution < 1.29 is 4.52 Å². The van der Waals surface area contributed by atoms with E-state index >= 15 is 0 Å². The Bertz CT molecular complexity index is 365. The Kier molecular flexibility index (Phi) is 2.33. The van der Waals surface area contributed by atoms with Gasteiger partial charge in [-0.2, -0.15) is 0 Å². The van der Waals surface area contributed by atoms with Crippen molar-refractivity contribution in [1.82, 2.24) is 10.1 Å². The smallest absolute Gasteiger partial charge is 0.140 e. The quantitative estimate of drug-likeness (QED) is 0.707. The summed E-state index contributed by atoms with van der Waals surface area (Å²) in [5.41, 5.74) is 1.09. The van der Waals surface area contributed by atoms with Crippen molar-refractivity contribution in [3.05, 3.63) is 29.7 Å². The molecule has 1 aliphatic heterocycles. The second kappa shape index (κ2) is 3.81. The molecule has 0 atom stereocenters. The van der Waals surface area contributed by atoms with E-state index in [-0.39, 0.29) is 0 Å². The van der Waals surface area contributed by atoms with Gasteiger partial charge in [-0.05, 0) is 19.3 Å². The first-order valence-electron chi connectivity index (χ1n) is 5.74. The van der Waals surface area contributed by atoms with Crippen LogP contribution in [-0.4, -0.2) is 23.1 Å². The van der Waals surface area contributed by atoms with Crippen molar-refractivity contribution in [2.24, 2.45) is 0 Å². The molecule has 0 aromatic carbocycles. The Balaban J connectivity index is 1.62. The molecule has 3 nitrogen and oxygen atoms in total. The monoisotopic (exact) mass is 204 g/mol. The molecule has 3 rings (SSSR count). The fourth-order valence-corrected chi connectivity index (χ4v) is 2.03. The van der Waals surface area contributed by atoms with Crippen molar-refractivity contribution in [2.75, 3.05) is 13.1 Å². The fraction of sp³-hybridized carbons (Fsp3) is 0.583. The molecule has 0 unspecified atom stereocenters. The van der Waals surface area contributed by atoms with E-state index in [0.717, 1.165) is 37.5 Å². The third-order valence-electron chi connectivity index (χ3n) is 3.08. The van der Waals surface area contributed by atoms with E-state index in [4.69, 9.17) is 4.52 Å². The van der Waals surface area contributed by atoms with Gasteiger partial charge < -0.3 is 4.52 Å². The van der Waals surface area contributed by atoms with Crippen LogP contribution in [0.4, 0.5) is 0 Å². The SMILES string of the molecule is C1=CCN(Cc2cc(C3CC3)on2)CC1. The van der Waals surface area contributed by atoms with E-state index in [0.29, 0.717) is 5.92 Å². The van der Waals surface area contributed by atoms with Crippen LogP contribution in [0.25, 0.3) is 0 Å². The maximum atomic E-state index is 5.34. The topological polar surface area (TPSA) is 29.3 Å². The summed E-state index contributed by atoms with van der Waals surface area (Å²) in [6.45, 7) is 3.12. The van der Waals surface area contributed by atoms with E-state index in [9.17, 15) is 0 Å². The minimum atomic E-state index is 0.674. The summed E-state index contributed by atoms with van der Waals surface area (Å²) in [6.07, 6.45) is 8.19. The molecule has 0 saturated heterocycles. The van der Waals surface area contributed by atoms with Crippen LogP contribution in [0.3, 0.4) is 0 Å². The van der Waals surface area contributed by atoms with Crippen LogP contribution in [0.2, 0.25) is 0 Å². The lowest BCUT2D eigenvalue weighted by atomic mass is 10.2. The molecule has 2 heterocycles. The summed E-state index contributed by atoms with van der Waals surface area (Å²) in [6, 6.07) is 2.13. The zero-order valence-corrected chi connectivity index (χ0v) is 8.85. The Morgan fingerprint density at radius 3 is 3.07 bits per heavy atom. The Labute approximate surface area is 89.7 Å². The molecule has 80 valence electrons. The zero-order chi connectivity index (χ0) is 10.1. The highest BCUT2D eigenvalue weighted by atomic mass is 16.5. The van der Waals surface area contributed by atoms with E-state index < -0.39 is 0 Å². The van der Waals surface area contributed by atoms with Gasteiger partial charge in [-0.1, -0.05) is 17.3 Å². The van der Waals surface area contributed by atoms with E-state index in [1.807, 2.05) is 0 Å². The first-order chi connectivity index (χ1) is 7.42. The maximum Gasteiger partial charge on any atom is 0.140 e. The van der Waals surface area contributed by atoms with Crippen molar-refractivity contribution in [2.45, 2.75) is 31.7 Å². The molecule has 0 N–H and O–H groups in total. The first kappa shape index (κ1) is 9.16. The Morgan fingerprint density at radius 2 is 2.33 bits per heavy atom. The lowest BCUT2D eigenvalue weighted by molar-refractivity contribution is 0.277. The van der Waals surface area contributed by atoms with Gasteiger partial charge >= 0.3 is 0 Å². The van der Waals surface area contributed by atoms with E-state index in [1.165, 1.54) is 12.8 Å². The molecule has 1 fully saturated rings. The average Bonchev–Trinajstić information content (AvgIpc) is 3.02. The molecule has 0 radical (unpaired) electrons. The van der Waals surface area contributed by atoms with E-state index in [1.54, 1.807) is 0 Å². The van der Waals surface area contributed by atoms with Gasteiger partial charge in [0.15, 0.2) is 0 Å². The molecule has 0 amide bonds.